The molecule has 0 spiro atoms. The number of imidazole rings is 1. The Morgan fingerprint density at radius 3 is 2.43 bits per heavy atom. The van der Waals surface area contributed by atoms with E-state index in [4.69, 9.17) is 5.11 Å². The number of nitrogens with one attached hydrogen (secondary N) is 1. The third-order valence-corrected chi connectivity index (χ3v) is 6.33. The highest BCUT2D eigenvalue weighted by atomic mass is 32.2. The van der Waals surface area contributed by atoms with E-state index in [1.807, 2.05) is 12.3 Å². The maximum absolute atomic E-state index is 10.8. The summed E-state index contributed by atoms with van der Waals surface area (Å²) in [6.45, 7) is 6.01. The molecule has 1 aromatic heterocycles. The van der Waals surface area contributed by atoms with E-state index in [9.17, 15) is 4.79 Å². The Kier molecular flexibility index (Phi) is 16.2. The monoisotopic (exact) mass is 434 g/mol. The molecule has 2 N–H and O–H groups in total. The number of carbonyl (C=O) groups is 1. The Balaban J connectivity index is 2.25. The van der Waals surface area contributed by atoms with Gasteiger partial charge in [0.1, 0.15) is 5.82 Å². The van der Waals surface area contributed by atoms with Gasteiger partial charge < -0.3 is 10.1 Å². The number of carboxylic acids is 1. The molecule has 5 heteroatoms. The number of aliphatic carboxylic acids is 1. The van der Waals surface area contributed by atoms with Gasteiger partial charge in [-0.1, -0.05) is 94.7 Å². The van der Waals surface area contributed by atoms with Crippen molar-refractivity contribution in [1.82, 2.24) is 9.97 Å². The Morgan fingerprint density at radius 2 is 1.80 bits per heavy atom. The predicted octanol–water partition coefficient (Wildman–Crippen LogP) is 7.72. The summed E-state index contributed by atoms with van der Waals surface area (Å²) >= 11 is 1.74. The first-order chi connectivity index (χ1) is 14.7. The molecule has 1 rings (SSSR count). The van der Waals surface area contributed by atoms with Gasteiger partial charge in [-0.25, -0.2) is 4.98 Å². The summed E-state index contributed by atoms with van der Waals surface area (Å²) in [4.78, 5) is 18.5. The maximum Gasteiger partial charge on any atom is 0.303 e. The zero-order chi connectivity index (χ0) is 21.9. The highest BCUT2D eigenvalue weighted by Gasteiger charge is 2.10. The normalized spacial score (nSPS) is 12.4. The smallest absolute Gasteiger partial charge is 0.303 e. The van der Waals surface area contributed by atoms with Crippen molar-refractivity contribution in [3.05, 3.63) is 36.8 Å². The van der Waals surface area contributed by atoms with Crippen LogP contribution in [0.5, 0.6) is 0 Å². The van der Waals surface area contributed by atoms with Crippen LogP contribution in [0, 0.1) is 0 Å². The number of aromatic amines is 1. The first kappa shape index (κ1) is 26.5. The second-order valence-electron chi connectivity index (χ2n) is 8.03. The van der Waals surface area contributed by atoms with E-state index in [1.165, 1.54) is 64.2 Å². The zero-order valence-corrected chi connectivity index (χ0v) is 19.7. The number of aromatic nitrogens is 2. The molecular formula is C25H42N2O2S. The summed E-state index contributed by atoms with van der Waals surface area (Å²) in [5, 5.41) is 10.2. The van der Waals surface area contributed by atoms with Gasteiger partial charge in [0.25, 0.3) is 0 Å². The molecule has 0 fully saturated rings. The molecular weight excluding hydrogens is 392 g/mol. The minimum atomic E-state index is -0.720. The van der Waals surface area contributed by atoms with Crippen molar-refractivity contribution in [3.63, 3.8) is 0 Å². The van der Waals surface area contributed by atoms with Crippen LogP contribution in [0.15, 0.2) is 36.0 Å². The molecule has 0 saturated carbocycles. The topological polar surface area (TPSA) is 66.0 Å². The fraction of sp³-hybridized carbons (Fsp3) is 0.680. The van der Waals surface area contributed by atoms with Crippen molar-refractivity contribution < 1.29 is 9.90 Å². The van der Waals surface area contributed by atoms with E-state index in [2.05, 4.69) is 35.6 Å². The molecule has 0 amide bonds. The molecule has 1 heterocycles. The van der Waals surface area contributed by atoms with Crippen molar-refractivity contribution >= 4 is 17.7 Å². The third-order valence-electron chi connectivity index (χ3n) is 5.18. The first-order valence-corrected chi connectivity index (χ1v) is 12.7. The van der Waals surface area contributed by atoms with Gasteiger partial charge in [0, 0.05) is 18.1 Å². The lowest BCUT2D eigenvalue weighted by Gasteiger charge is -2.10. The van der Waals surface area contributed by atoms with E-state index in [0.29, 0.717) is 6.42 Å². The van der Waals surface area contributed by atoms with Gasteiger partial charge in [0.2, 0.25) is 0 Å². The fourth-order valence-corrected chi connectivity index (χ4v) is 4.54. The molecule has 1 atom stereocenters. The number of allylic oxidation sites excluding steroid dienone is 2. The number of H-pyrrole nitrogens is 1. The molecule has 0 aliphatic heterocycles. The molecule has 1 unspecified atom stereocenters. The van der Waals surface area contributed by atoms with Gasteiger partial charge in [-0.15, -0.1) is 6.58 Å². The summed E-state index contributed by atoms with van der Waals surface area (Å²) in [6, 6.07) is 0. The lowest BCUT2D eigenvalue weighted by Crippen LogP contribution is -2.02. The Hall–Kier alpha value is -1.49. The minimum Gasteiger partial charge on any atom is -0.481 e. The van der Waals surface area contributed by atoms with Crippen LogP contribution < -0.4 is 0 Å². The van der Waals surface area contributed by atoms with Crippen molar-refractivity contribution in [2.45, 2.75) is 114 Å². The summed E-state index contributed by atoms with van der Waals surface area (Å²) in [5.74, 6) is 0.203. The van der Waals surface area contributed by atoms with Crippen LogP contribution in [0.25, 0.3) is 0 Å². The molecule has 0 saturated heterocycles. The van der Waals surface area contributed by atoms with Crippen LogP contribution in [0.2, 0.25) is 0 Å². The summed E-state index contributed by atoms with van der Waals surface area (Å²) < 4.78 is 0. The van der Waals surface area contributed by atoms with Crippen LogP contribution in [0.1, 0.15) is 103 Å². The fourth-order valence-electron chi connectivity index (χ4n) is 3.45. The SMILES string of the molecule is C=CCc1ncc(SC(/C=C\CCCCCCCCCCCC)CCCC(=O)O)[nH]1. The van der Waals surface area contributed by atoms with Crippen LogP contribution in [-0.4, -0.2) is 26.3 Å². The van der Waals surface area contributed by atoms with Gasteiger partial charge in [-0.3, -0.25) is 4.79 Å². The molecule has 0 aliphatic rings. The van der Waals surface area contributed by atoms with Gasteiger partial charge in [0.05, 0.1) is 11.2 Å². The number of rotatable bonds is 20. The Morgan fingerprint density at radius 1 is 1.13 bits per heavy atom. The van der Waals surface area contributed by atoms with Gasteiger partial charge >= 0.3 is 5.97 Å². The van der Waals surface area contributed by atoms with Crippen LogP contribution in [-0.2, 0) is 11.2 Å². The van der Waals surface area contributed by atoms with Crippen LogP contribution in [0.4, 0.5) is 0 Å². The standard InChI is InChI=1S/C25H42N2O2S/c1-3-5-6-7-8-9-10-11-12-13-14-15-18-22(19-16-20-25(28)29)30-24-21-26-23(27-24)17-4-2/h4,15,18,21-22H,2-3,5-14,16-17,19-20H2,1H3,(H,26,27)(H,28,29)/b18-15-. The largest absolute Gasteiger partial charge is 0.481 e. The number of hydrogen-bond donors (Lipinski definition) is 2. The second kappa shape index (κ2) is 18.3. The molecule has 0 radical (unpaired) electrons. The van der Waals surface area contributed by atoms with E-state index >= 15 is 0 Å². The Labute approximate surface area is 188 Å². The average molecular weight is 435 g/mol. The van der Waals surface area contributed by atoms with Crippen molar-refractivity contribution in [3.8, 4) is 0 Å². The van der Waals surface area contributed by atoms with Crippen LogP contribution >= 0.6 is 11.8 Å². The average Bonchev–Trinajstić information content (AvgIpc) is 3.15. The van der Waals surface area contributed by atoms with E-state index in [-0.39, 0.29) is 11.7 Å². The lowest BCUT2D eigenvalue weighted by atomic mass is 10.1. The quantitative estimate of drug-likeness (QED) is 0.125. The molecule has 170 valence electrons. The molecule has 30 heavy (non-hydrogen) atoms. The molecule has 0 aliphatic carbocycles. The highest BCUT2D eigenvalue weighted by Crippen LogP contribution is 2.27. The van der Waals surface area contributed by atoms with E-state index < -0.39 is 5.97 Å². The number of hydrogen-bond acceptors (Lipinski definition) is 3. The van der Waals surface area contributed by atoms with E-state index in [1.54, 1.807) is 11.8 Å². The molecule has 0 aromatic carbocycles. The maximum atomic E-state index is 10.8. The first-order valence-electron chi connectivity index (χ1n) is 11.9. The number of thioether (sulfide) groups is 1. The molecule has 1 aromatic rings. The Bertz CT molecular complexity index is 598. The molecule has 0 bridgehead atoms. The van der Waals surface area contributed by atoms with Gasteiger partial charge in [-0.2, -0.15) is 0 Å². The predicted molar refractivity (Wildman–Crippen MR) is 129 cm³/mol. The third kappa shape index (κ3) is 14.5. The van der Waals surface area contributed by atoms with Crippen LogP contribution in [0.3, 0.4) is 0 Å². The zero-order valence-electron chi connectivity index (χ0n) is 18.9. The highest BCUT2D eigenvalue weighted by molar-refractivity contribution is 8.00. The summed E-state index contributed by atoms with van der Waals surface area (Å²) in [6.07, 6.45) is 25.5. The van der Waals surface area contributed by atoms with Crippen molar-refractivity contribution in [2.75, 3.05) is 0 Å². The summed E-state index contributed by atoms with van der Waals surface area (Å²) in [5.41, 5.74) is 0. The van der Waals surface area contributed by atoms with Gasteiger partial charge in [-0.05, 0) is 25.7 Å². The van der Waals surface area contributed by atoms with Crippen molar-refractivity contribution in [1.29, 1.82) is 0 Å². The van der Waals surface area contributed by atoms with Gasteiger partial charge in [0.15, 0.2) is 0 Å². The number of carboxylic acid groups (broad SMARTS) is 1. The number of nitrogens with zero attached hydrogens (tertiary/aromatic N) is 1. The van der Waals surface area contributed by atoms with E-state index in [0.717, 1.165) is 30.1 Å². The van der Waals surface area contributed by atoms with Crippen molar-refractivity contribution in [2.24, 2.45) is 0 Å². The second-order valence-corrected chi connectivity index (χ2v) is 9.31. The lowest BCUT2D eigenvalue weighted by molar-refractivity contribution is -0.137. The number of unbranched alkanes of at least 4 members (excludes halogenated alkanes) is 10. The summed E-state index contributed by atoms with van der Waals surface area (Å²) in [7, 11) is 0. The minimum absolute atomic E-state index is 0.230. The molecule has 4 nitrogen and oxygen atoms in total.